The molecule has 0 aliphatic carbocycles. The van der Waals surface area contributed by atoms with Gasteiger partial charge in [0.2, 0.25) is 0 Å². The van der Waals surface area contributed by atoms with Crippen molar-refractivity contribution in [3.63, 3.8) is 0 Å². The van der Waals surface area contributed by atoms with Crippen LogP contribution in [0.15, 0.2) is 12.1 Å². The Labute approximate surface area is 96.9 Å². The lowest BCUT2D eigenvalue weighted by atomic mass is 10.1. The minimum absolute atomic E-state index is 0.989. The van der Waals surface area contributed by atoms with Crippen molar-refractivity contribution < 1.29 is 0 Å². The minimum Gasteiger partial charge on any atom is -0.357 e. The highest BCUT2D eigenvalue weighted by atomic mass is 15.2. The first kappa shape index (κ1) is 10.1. The molecule has 1 aromatic heterocycles. The first-order chi connectivity index (χ1) is 7.93. The molecule has 0 radical (unpaired) electrons. The average molecular weight is 217 g/mol. The molecule has 1 saturated heterocycles. The van der Waals surface area contributed by atoms with E-state index in [2.05, 4.69) is 22.3 Å². The summed E-state index contributed by atoms with van der Waals surface area (Å²) in [6.07, 6.45) is 5.10. The number of anilines is 1. The van der Waals surface area contributed by atoms with E-state index in [9.17, 15) is 0 Å². The predicted molar refractivity (Wildman–Crippen MR) is 65.7 cm³/mol. The van der Waals surface area contributed by atoms with Crippen molar-refractivity contribution in [2.45, 2.75) is 32.2 Å². The second-order valence-corrected chi connectivity index (χ2v) is 4.75. The molecule has 0 aromatic carbocycles. The van der Waals surface area contributed by atoms with E-state index in [0.29, 0.717) is 0 Å². The maximum atomic E-state index is 4.82. The van der Waals surface area contributed by atoms with Crippen LogP contribution >= 0.6 is 0 Å². The van der Waals surface area contributed by atoms with Crippen LogP contribution in [0.4, 0.5) is 5.82 Å². The number of nitrogens with zero attached hydrogens (tertiary/aromatic N) is 2. The largest absolute Gasteiger partial charge is 0.357 e. The van der Waals surface area contributed by atoms with Crippen molar-refractivity contribution in [2.24, 2.45) is 0 Å². The van der Waals surface area contributed by atoms with Crippen molar-refractivity contribution >= 4 is 5.82 Å². The zero-order valence-electron chi connectivity index (χ0n) is 9.71. The van der Waals surface area contributed by atoms with E-state index in [1.165, 1.54) is 49.4 Å². The maximum absolute atomic E-state index is 4.82. The van der Waals surface area contributed by atoms with Crippen LogP contribution in [0.25, 0.3) is 0 Å². The van der Waals surface area contributed by atoms with Gasteiger partial charge in [0.1, 0.15) is 5.82 Å². The highest BCUT2D eigenvalue weighted by Gasteiger charge is 2.15. The van der Waals surface area contributed by atoms with Crippen LogP contribution < -0.4 is 10.2 Å². The normalized spacial score (nSPS) is 20.6. The molecule has 1 aromatic rings. The molecular weight excluding hydrogens is 198 g/mol. The van der Waals surface area contributed by atoms with Gasteiger partial charge in [0, 0.05) is 38.3 Å². The van der Waals surface area contributed by atoms with Gasteiger partial charge in [0.15, 0.2) is 0 Å². The molecule has 2 aliphatic heterocycles. The Balaban J connectivity index is 1.84. The number of rotatable bonds is 1. The number of hydrogen-bond donors (Lipinski definition) is 1. The average Bonchev–Trinajstić information content (AvgIpc) is 2.39. The van der Waals surface area contributed by atoms with Gasteiger partial charge in [-0.2, -0.15) is 0 Å². The summed E-state index contributed by atoms with van der Waals surface area (Å²) in [7, 11) is 0. The Bertz CT molecular complexity index is 369. The summed E-state index contributed by atoms with van der Waals surface area (Å²) in [6, 6.07) is 4.44. The number of fused-ring (bicyclic) bond motifs is 1. The van der Waals surface area contributed by atoms with Gasteiger partial charge in [-0.25, -0.2) is 4.98 Å². The topological polar surface area (TPSA) is 28.2 Å². The first-order valence-electron chi connectivity index (χ1n) is 6.38. The first-order valence-corrected chi connectivity index (χ1v) is 6.38. The molecule has 0 saturated carbocycles. The Kier molecular flexibility index (Phi) is 2.79. The molecule has 0 amide bonds. The number of aromatic nitrogens is 1. The van der Waals surface area contributed by atoms with Gasteiger partial charge in [-0.15, -0.1) is 0 Å². The third kappa shape index (κ3) is 1.92. The third-order valence-corrected chi connectivity index (χ3v) is 3.59. The number of nitrogens with one attached hydrogen (secondary N) is 1. The summed E-state index contributed by atoms with van der Waals surface area (Å²) >= 11 is 0. The second kappa shape index (κ2) is 4.42. The van der Waals surface area contributed by atoms with Gasteiger partial charge >= 0.3 is 0 Å². The van der Waals surface area contributed by atoms with Crippen LogP contribution in [0.2, 0.25) is 0 Å². The van der Waals surface area contributed by atoms with Crippen molar-refractivity contribution in [1.29, 1.82) is 0 Å². The summed E-state index contributed by atoms with van der Waals surface area (Å²) in [5.41, 5.74) is 2.69. The Morgan fingerprint density at radius 3 is 2.88 bits per heavy atom. The van der Waals surface area contributed by atoms with Crippen LogP contribution in [0.1, 0.15) is 30.5 Å². The fourth-order valence-electron chi connectivity index (χ4n) is 2.63. The quantitative estimate of drug-likeness (QED) is 0.776. The number of piperidine rings is 1. The van der Waals surface area contributed by atoms with Crippen LogP contribution in [-0.4, -0.2) is 24.6 Å². The zero-order chi connectivity index (χ0) is 10.8. The van der Waals surface area contributed by atoms with Crippen LogP contribution in [-0.2, 0) is 13.0 Å². The molecule has 0 spiro atoms. The maximum Gasteiger partial charge on any atom is 0.128 e. The zero-order valence-corrected chi connectivity index (χ0v) is 9.71. The lowest BCUT2D eigenvalue weighted by Crippen LogP contribution is -2.31. The van der Waals surface area contributed by atoms with Gasteiger partial charge in [0.25, 0.3) is 0 Å². The summed E-state index contributed by atoms with van der Waals surface area (Å²) in [5, 5.41) is 3.39. The highest BCUT2D eigenvalue weighted by molar-refractivity contribution is 5.42. The van der Waals surface area contributed by atoms with Crippen LogP contribution in [0, 0.1) is 0 Å². The van der Waals surface area contributed by atoms with Gasteiger partial charge in [0.05, 0.1) is 0 Å². The monoisotopic (exact) mass is 217 g/mol. The Morgan fingerprint density at radius 2 is 2.00 bits per heavy atom. The SMILES string of the molecule is c1cc2c(nc1N1CCCCC1)CCNC2. The molecule has 3 heterocycles. The Morgan fingerprint density at radius 1 is 1.12 bits per heavy atom. The van der Waals surface area contributed by atoms with Gasteiger partial charge < -0.3 is 10.2 Å². The number of hydrogen-bond acceptors (Lipinski definition) is 3. The van der Waals surface area contributed by atoms with Crippen molar-refractivity contribution in [3.05, 3.63) is 23.4 Å². The summed E-state index contributed by atoms with van der Waals surface area (Å²) in [6.45, 7) is 4.43. The molecule has 3 nitrogen and oxygen atoms in total. The van der Waals surface area contributed by atoms with Crippen LogP contribution in [0.3, 0.4) is 0 Å². The molecule has 86 valence electrons. The van der Waals surface area contributed by atoms with E-state index < -0.39 is 0 Å². The lowest BCUT2D eigenvalue weighted by molar-refractivity contribution is 0.569. The van der Waals surface area contributed by atoms with Gasteiger partial charge in [-0.05, 0) is 30.9 Å². The minimum atomic E-state index is 0.989. The van der Waals surface area contributed by atoms with Crippen molar-refractivity contribution in [1.82, 2.24) is 10.3 Å². The van der Waals surface area contributed by atoms with Crippen molar-refractivity contribution in [2.75, 3.05) is 24.5 Å². The fourth-order valence-corrected chi connectivity index (χ4v) is 2.63. The van der Waals surface area contributed by atoms with E-state index in [0.717, 1.165) is 19.5 Å². The summed E-state index contributed by atoms with van der Waals surface area (Å²) in [5.74, 6) is 1.19. The number of pyridine rings is 1. The van der Waals surface area contributed by atoms with E-state index in [1.807, 2.05) is 0 Å². The standard InChI is InChI=1S/C13H19N3/c1-2-8-16(9-3-1)13-5-4-11-10-14-7-6-12(11)15-13/h4-5,14H,1-3,6-10H2. The Hall–Kier alpha value is -1.09. The molecular formula is C13H19N3. The molecule has 0 unspecified atom stereocenters. The third-order valence-electron chi connectivity index (χ3n) is 3.59. The van der Waals surface area contributed by atoms with Crippen molar-refractivity contribution in [3.8, 4) is 0 Å². The lowest BCUT2D eigenvalue weighted by Gasteiger charge is -2.29. The van der Waals surface area contributed by atoms with Gasteiger partial charge in [-0.3, -0.25) is 0 Å². The molecule has 1 fully saturated rings. The van der Waals surface area contributed by atoms with E-state index >= 15 is 0 Å². The molecule has 0 atom stereocenters. The molecule has 2 aliphatic rings. The van der Waals surface area contributed by atoms with Crippen LogP contribution in [0.5, 0.6) is 0 Å². The highest BCUT2D eigenvalue weighted by Crippen LogP contribution is 2.21. The van der Waals surface area contributed by atoms with Gasteiger partial charge in [-0.1, -0.05) is 6.07 Å². The molecule has 16 heavy (non-hydrogen) atoms. The molecule has 1 N–H and O–H groups in total. The predicted octanol–water partition coefficient (Wildman–Crippen LogP) is 1.72. The molecule has 3 rings (SSSR count). The molecule has 0 bridgehead atoms. The second-order valence-electron chi connectivity index (χ2n) is 4.75. The van der Waals surface area contributed by atoms with E-state index in [1.54, 1.807) is 0 Å². The summed E-state index contributed by atoms with van der Waals surface area (Å²) in [4.78, 5) is 7.26. The van der Waals surface area contributed by atoms with E-state index in [-0.39, 0.29) is 0 Å². The molecule has 3 heteroatoms. The smallest absolute Gasteiger partial charge is 0.128 e. The fraction of sp³-hybridized carbons (Fsp3) is 0.615. The van der Waals surface area contributed by atoms with E-state index in [4.69, 9.17) is 4.98 Å². The summed E-state index contributed by atoms with van der Waals surface area (Å²) < 4.78 is 0.